The Morgan fingerprint density at radius 3 is 2.33 bits per heavy atom. The van der Waals surface area contributed by atoms with Gasteiger partial charge in [0.25, 0.3) is 0 Å². The molecule has 0 saturated heterocycles. The monoisotopic (exact) mass is 377 g/mol. The molecule has 8 heteroatoms. The number of nitrogens with two attached hydrogens (primary N) is 1. The summed E-state index contributed by atoms with van der Waals surface area (Å²) in [6, 6.07) is 6.61. The number of likely N-dealkylation sites (N-methyl/N-ethyl adjacent to an activating group) is 1. The highest BCUT2D eigenvalue weighted by molar-refractivity contribution is 7.89. The molecule has 3 N–H and O–H groups in total. The summed E-state index contributed by atoms with van der Waals surface area (Å²) in [6.45, 7) is 5.96. The van der Waals surface area contributed by atoms with Gasteiger partial charge in [-0.1, -0.05) is 31.0 Å². The summed E-state index contributed by atoms with van der Waals surface area (Å²) in [5.41, 5.74) is 6.08. The molecule has 1 aromatic carbocycles. The summed E-state index contributed by atoms with van der Waals surface area (Å²) in [4.78, 5) is 13.9. The predicted octanol–water partition coefficient (Wildman–Crippen LogP) is 1.67. The van der Waals surface area contributed by atoms with Crippen LogP contribution in [0.2, 0.25) is 0 Å². The molecule has 24 heavy (non-hydrogen) atoms. The average molecular weight is 378 g/mol. The minimum absolute atomic E-state index is 0. The summed E-state index contributed by atoms with van der Waals surface area (Å²) in [7, 11) is -1.94. The fourth-order valence-electron chi connectivity index (χ4n) is 2.31. The second kappa shape index (κ2) is 9.36. The lowest BCUT2D eigenvalue weighted by Crippen LogP contribution is -2.53. The second-order valence-electron chi connectivity index (χ2n) is 6.11. The number of hydrogen-bond acceptors (Lipinski definition) is 4. The highest BCUT2D eigenvalue weighted by Crippen LogP contribution is 2.12. The number of nitrogens with zero attached hydrogens (tertiary/aromatic N) is 1. The Morgan fingerprint density at radius 1 is 1.29 bits per heavy atom. The highest BCUT2D eigenvalue weighted by atomic mass is 35.5. The van der Waals surface area contributed by atoms with Crippen LogP contribution in [0.5, 0.6) is 0 Å². The molecule has 6 nitrogen and oxygen atoms in total. The molecule has 1 unspecified atom stereocenters. The van der Waals surface area contributed by atoms with Crippen LogP contribution in [0.25, 0.3) is 0 Å². The van der Waals surface area contributed by atoms with Crippen molar-refractivity contribution >= 4 is 28.3 Å². The van der Waals surface area contributed by atoms with Gasteiger partial charge in [-0.25, -0.2) is 13.1 Å². The smallest absolute Gasteiger partial charge is 0.242 e. The molecule has 138 valence electrons. The van der Waals surface area contributed by atoms with Gasteiger partial charge in [0.1, 0.15) is 0 Å². The maximum absolute atomic E-state index is 12.2. The number of amides is 1. The fourth-order valence-corrected chi connectivity index (χ4v) is 3.33. The molecule has 0 aliphatic rings. The molecule has 0 aliphatic heterocycles. The fraction of sp³-hybridized carbons (Fsp3) is 0.562. The molecule has 1 rings (SSSR count). The Morgan fingerprint density at radius 2 is 1.83 bits per heavy atom. The molecule has 0 saturated carbocycles. The zero-order valence-electron chi connectivity index (χ0n) is 14.7. The quantitative estimate of drug-likeness (QED) is 0.720. The van der Waals surface area contributed by atoms with Gasteiger partial charge in [-0.2, -0.15) is 0 Å². The molecule has 0 aromatic heterocycles. The molecular formula is C16H28ClN3O3S. The largest absolute Gasteiger partial charge is 0.343 e. The lowest BCUT2D eigenvalue weighted by Gasteiger charge is -2.29. The highest BCUT2D eigenvalue weighted by Gasteiger charge is 2.30. The van der Waals surface area contributed by atoms with Gasteiger partial charge in [0.2, 0.25) is 15.9 Å². The van der Waals surface area contributed by atoms with Crippen molar-refractivity contribution in [2.75, 3.05) is 20.1 Å². The van der Waals surface area contributed by atoms with Crippen molar-refractivity contribution in [2.24, 2.45) is 5.73 Å². The van der Waals surface area contributed by atoms with Gasteiger partial charge in [0.15, 0.2) is 0 Å². The zero-order valence-corrected chi connectivity index (χ0v) is 16.3. The van der Waals surface area contributed by atoms with Crippen molar-refractivity contribution in [1.29, 1.82) is 0 Å². The number of carbonyl (C=O) groups is 1. The van der Waals surface area contributed by atoms with E-state index in [2.05, 4.69) is 4.72 Å². The summed E-state index contributed by atoms with van der Waals surface area (Å²) >= 11 is 0. The molecule has 1 amide bonds. The topological polar surface area (TPSA) is 92.5 Å². The summed E-state index contributed by atoms with van der Waals surface area (Å²) < 4.78 is 26.8. The van der Waals surface area contributed by atoms with E-state index in [1.54, 1.807) is 38.2 Å². The number of sulfonamides is 1. The van der Waals surface area contributed by atoms with Gasteiger partial charge in [0, 0.05) is 20.1 Å². The number of carbonyl (C=O) groups excluding carboxylic acids is 1. The Bertz CT molecular complexity index is 630. The van der Waals surface area contributed by atoms with Crippen molar-refractivity contribution in [3.63, 3.8) is 0 Å². The molecule has 0 aliphatic carbocycles. The first-order chi connectivity index (χ1) is 10.6. The minimum atomic E-state index is -3.56. The van der Waals surface area contributed by atoms with Gasteiger partial charge >= 0.3 is 0 Å². The maximum atomic E-state index is 12.2. The third-order valence-electron chi connectivity index (χ3n) is 3.68. The number of nitrogens with one attached hydrogen (secondary N) is 1. The number of hydrogen-bond donors (Lipinski definition) is 2. The lowest BCUT2D eigenvalue weighted by molar-refractivity contribution is -0.135. The van der Waals surface area contributed by atoms with Gasteiger partial charge in [0.05, 0.1) is 10.4 Å². The van der Waals surface area contributed by atoms with E-state index in [0.717, 1.165) is 12.0 Å². The number of halogens is 1. The molecule has 0 spiro atoms. The van der Waals surface area contributed by atoms with E-state index < -0.39 is 15.6 Å². The first-order valence-corrected chi connectivity index (χ1v) is 9.19. The van der Waals surface area contributed by atoms with E-state index in [1.807, 2.05) is 13.8 Å². The third-order valence-corrected chi connectivity index (χ3v) is 5.15. The van der Waals surface area contributed by atoms with E-state index in [9.17, 15) is 13.2 Å². The van der Waals surface area contributed by atoms with Crippen molar-refractivity contribution in [2.45, 2.75) is 44.0 Å². The van der Waals surface area contributed by atoms with Crippen LogP contribution in [0.1, 0.15) is 32.3 Å². The van der Waals surface area contributed by atoms with E-state index in [4.69, 9.17) is 5.73 Å². The third kappa shape index (κ3) is 6.39. The van der Waals surface area contributed by atoms with Gasteiger partial charge < -0.3 is 10.6 Å². The summed E-state index contributed by atoms with van der Waals surface area (Å²) in [6.07, 6.45) is 1.40. The Labute approximate surface area is 151 Å². The Hall–Kier alpha value is -1.15. The van der Waals surface area contributed by atoms with Crippen LogP contribution in [-0.4, -0.2) is 44.9 Å². The maximum Gasteiger partial charge on any atom is 0.242 e. The minimum Gasteiger partial charge on any atom is -0.343 e. The Balaban J connectivity index is 0.00000529. The van der Waals surface area contributed by atoms with Crippen LogP contribution in [0.4, 0.5) is 0 Å². The van der Waals surface area contributed by atoms with Crippen molar-refractivity contribution in [3.8, 4) is 0 Å². The molecule has 1 atom stereocenters. The van der Waals surface area contributed by atoms with Crippen molar-refractivity contribution < 1.29 is 13.2 Å². The summed E-state index contributed by atoms with van der Waals surface area (Å²) in [5.74, 6) is -0.186. The zero-order chi connectivity index (χ0) is 17.7. The standard InChI is InChI=1S/C16H27N3O3S.ClH/c1-5-10-16(3,17)15(20)19(4)12-11-18-23(21,22)14-8-6-13(2)7-9-14;/h6-9,18H,5,10-12,17H2,1-4H3;1H. The number of benzene rings is 1. The van der Waals surface area contributed by atoms with Gasteiger partial charge in [-0.15, -0.1) is 12.4 Å². The van der Waals surface area contributed by atoms with Crippen molar-refractivity contribution in [3.05, 3.63) is 29.8 Å². The first kappa shape index (κ1) is 22.9. The van der Waals surface area contributed by atoms with E-state index in [0.29, 0.717) is 6.42 Å². The van der Waals surface area contributed by atoms with Crippen LogP contribution < -0.4 is 10.5 Å². The molecular weight excluding hydrogens is 350 g/mol. The summed E-state index contributed by atoms with van der Waals surface area (Å²) in [5, 5.41) is 0. The van der Waals surface area contributed by atoms with Crippen LogP contribution in [0.3, 0.4) is 0 Å². The van der Waals surface area contributed by atoms with E-state index in [1.165, 1.54) is 4.90 Å². The van der Waals surface area contributed by atoms with E-state index >= 15 is 0 Å². The first-order valence-electron chi connectivity index (χ1n) is 7.71. The molecule has 0 heterocycles. The van der Waals surface area contributed by atoms with Gasteiger partial charge in [-0.05, 0) is 32.4 Å². The van der Waals surface area contributed by atoms with Crippen LogP contribution in [0.15, 0.2) is 29.2 Å². The van der Waals surface area contributed by atoms with Gasteiger partial charge in [-0.3, -0.25) is 4.79 Å². The Kier molecular flexibility index (Phi) is 8.91. The van der Waals surface area contributed by atoms with Crippen LogP contribution >= 0.6 is 12.4 Å². The normalized spacial score (nSPS) is 13.7. The van der Waals surface area contributed by atoms with Crippen LogP contribution in [-0.2, 0) is 14.8 Å². The molecule has 0 bridgehead atoms. The molecule has 0 radical (unpaired) electrons. The van der Waals surface area contributed by atoms with Crippen LogP contribution in [0, 0.1) is 6.92 Å². The number of aryl methyl sites for hydroxylation is 1. The SMILES string of the molecule is CCCC(C)(N)C(=O)N(C)CCNS(=O)(=O)c1ccc(C)cc1.Cl. The van der Waals surface area contributed by atoms with E-state index in [-0.39, 0.29) is 36.3 Å². The second-order valence-corrected chi connectivity index (χ2v) is 7.87. The number of rotatable bonds is 8. The van der Waals surface area contributed by atoms with Crippen molar-refractivity contribution in [1.82, 2.24) is 9.62 Å². The lowest BCUT2D eigenvalue weighted by atomic mass is 9.96. The average Bonchev–Trinajstić information content (AvgIpc) is 2.46. The molecule has 0 fully saturated rings. The molecule has 1 aromatic rings. The predicted molar refractivity (Wildman–Crippen MR) is 98.8 cm³/mol.